The van der Waals surface area contributed by atoms with Crippen molar-refractivity contribution in [2.75, 3.05) is 0 Å². The van der Waals surface area contributed by atoms with E-state index in [4.69, 9.17) is 0 Å². The van der Waals surface area contributed by atoms with Crippen LogP contribution in [0.25, 0.3) is 0 Å². The Balaban J connectivity index is 4.40. The van der Waals surface area contributed by atoms with Crippen molar-refractivity contribution >= 4 is 18.4 Å². The Morgan fingerprint density at radius 3 is 2.27 bits per heavy atom. The monoisotopic (exact) mass is 228 g/mol. The van der Waals surface area contributed by atoms with Gasteiger partial charge in [-0.3, -0.25) is 4.79 Å². The fourth-order valence-electron chi connectivity index (χ4n) is 0.617. The summed E-state index contributed by atoms with van der Waals surface area (Å²) in [6.45, 7) is 1.03. The van der Waals surface area contributed by atoms with Crippen LogP contribution < -0.4 is 0 Å². The molecule has 0 aromatic rings. The minimum absolute atomic E-state index is 0.228. The van der Waals surface area contributed by atoms with Crippen LogP contribution in [0.15, 0.2) is 0 Å². The van der Waals surface area contributed by atoms with Gasteiger partial charge >= 0.3 is 24.6 Å². The number of alkyl halides is 3. The van der Waals surface area contributed by atoms with Crippen LogP contribution in [0.4, 0.5) is 13.2 Å². The molecular weight excluding hydrogens is 221 g/mol. The predicted molar refractivity (Wildman–Crippen MR) is 38.4 cm³/mol. The van der Waals surface area contributed by atoms with E-state index in [0.717, 1.165) is 0 Å². The summed E-state index contributed by atoms with van der Waals surface area (Å²) in [5.74, 6) is -3.85. The van der Waals surface area contributed by atoms with Crippen LogP contribution in [-0.2, 0) is 23.9 Å². The molecule has 5 nitrogen and oxygen atoms in total. The SMILES string of the molecule is CC[C@H](OC(=O)C(F)(F)F)C(=O)OC=O. The van der Waals surface area contributed by atoms with Crippen LogP contribution in [0.1, 0.15) is 13.3 Å². The normalized spacial score (nSPS) is 12.8. The molecule has 0 saturated heterocycles. The second-order valence-electron chi connectivity index (χ2n) is 2.33. The Morgan fingerprint density at radius 1 is 1.40 bits per heavy atom. The van der Waals surface area contributed by atoms with Crippen LogP contribution in [0, 0.1) is 0 Å². The molecule has 0 spiro atoms. The zero-order chi connectivity index (χ0) is 12.1. The molecule has 0 aromatic carbocycles. The van der Waals surface area contributed by atoms with Crippen LogP contribution >= 0.6 is 0 Å². The van der Waals surface area contributed by atoms with E-state index >= 15 is 0 Å². The first kappa shape index (κ1) is 13.4. The summed E-state index contributed by atoms with van der Waals surface area (Å²) in [5.41, 5.74) is 0. The van der Waals surface area contributed by atoms with Gasteiger partial charge in [-0.1, -0.05) is 6.92 Å². The zero-order valence-corrected chi connectivity index (χ0v) is 7.54. The van der Waals surface area contributed by atoms with E-state index in [1.807, 2.05) is 0 Å². The van der Waals surface area contributed by atoms with Crippen molar-refractivity contribution in [3.63, 3.8) is 0 Å². The van der Waals surface area contributed by atoms with E-state index in [1.165, 1.54) is 6.92 Å². The third-order valence-corrected chi connectivity index (χ3v) is 1.28. The molecule has 0 radical (unpaired) electrons. The van der Waals surface area contributed by atoms with Gasteiger partial charge in [0.25, 0.3) is 0 Å². The highest BCUT2D eigenvalue weighted by Gasteiger charge is 2.43. The Morgan fingerprint density at radius 2 is 1.93 bits per heavy atom. The number of carbonyl (C=O) groups is 3. The van der Waals surface area contributed by atoms with Crippen molar-refractivity contribution in [2.24, 2.45) is 0 Å². The minimum atomic E-state index is -5.19. The van der Waals surface area contributed by atoms with Crippen LogP contribution in [-0.4, -0.2) is 30.7 Å². The van der Waals surface area contributed by atoms with Gasteiger partial charge in [-0.15, -0.1) is 0 Å². The highest BCUT2D eigenvalue weighted by Crippen LogP contribution is 2.18. The molecule has 0 aliphatic heterocycles. The van der Waals surface area contributed by atoms with Crippen molar-refractivity contribution < 1.29 is 37.0 Å². The number of halogens is 3. The maximum atomic E-state index is 11.7. The zero-order valence-electron chi connectivity index (χ0n) is 7.54. The summed E-state index contributed by atoms with van der Waals surface area (Å²) in [6.07, 6.45) is -7.15. The van der Waals surface area contributed by atoms with Crippen molar-refractivity contribution in [1.29, 1.82) is 0 Å². The highest BCUT2D eigenvalue weighted by molar-refractivity contribution is 5.84. The standard InChI is InChI=1S/C7H7F3O5/c1-2-4(5(12)14-3-11)15-6(13)7(8,9)10/h3-4H,2H2,1H3/t4-/m0/s1. The predicted octanol–water partition coefficient (Wildman–Crippen LogP) is 0.570. The third-order valence-electron chi connectivity index (χ3n) is 1.28. The molecule has 0 aliphatic rings. The summed E-state index contributed by atoms with van der Waals surface area (Å²) >= 11 is 0. The summed E-state index contributed by atoms with van der Waals surface area (Å²) in [5, 5.41) is 0. The lowest BCUT2D eigenvalue weighted by atomic mass is 10.3. The molecule has 1 atom stereocenters. The smallest absolute Gasteiger partial charge is 0.444 e. The molecule has 0 saturated carbocycles. The second-order valence-corrected chi connectivity index (χ2v) is 2.33. The summed E-state index contributed by atoms with van der Waals surface area (Å²) < 4.78 is 42.6. The average molecular weight is 228 g/mol. The van der Waals surface area contributed by atoms with E-state index in [1.54, 1.807) is 0 Å². The van der Waals surface area contributed by atoms with E-state index < -0.39 is 24.2 Å². The Kier molecular flexibility index (Phi) is 4.75. The fraction of sp³-hybridized carbons (Fsp3) is 0.571. The van der Waals surface area contributed by atoms with Crippen LogP contribution in [0.2, 0.25) is 0 Å². The number of hydrogen-bond acceptors (Lipinski definition) is 5. The minimum Gasteiger partial charge on any atom is -0.444 e. The van der Waals surface area contributed by atoms with Gasteiger partial charge in [-0.25, -0.2) is 9.59 Å². The van der Waals surface area contributed by atoms with E-state index in [-0.39, 0.29) is 12.9 Å². The molecule has 0 unspecified atom stereocenters. The van der Waals surface area contributed by atoms with Gasteiger partial charge in [0.1, 0.15) is 0 Å². The molecule has 0 fully saturated rings. The largest absolute Gasteiger partial charge is 0.490 e. The van der Waals surface area contributed by atoms with Crippen molar-refractivity contribution in [1.82, 2.24) is 0 Å². The fourth-order valence-corrected chi connectivity index (χ4v) is 0.617. The summed E-state index contributed by atoms with van der Waals surface area (Å²) in [6, 6.07) is 0. The highest BCUT2D eigenvalue weighted by atomic mass is 19.4. The van der Waals surface area contributed by atoms with Gasteiger partial charge in [0, 0.05) is 0 Å². The number of rotatable bonds is 4. The molecule has 15 heavy (non-hydrogen) atoms. The average Bonchev–Trinajstić information content (AvgIpc) is 2.12. The van der Waals surface area contributed by atoms with Crippen LogP contribution in [0.5, 0.6) is 0 Å². The van der Waals surface area contributed by atoms with Gasteiger partial charge < -0.3 is 9.47 Å². The Bertz CT molecular complexity index is 260. The topological polar surface area (TPSA) is 69.7 Å². The molecule has 0 rings (SSSR count). The van der Waals surface area contributed by atoms with E-state index in [2.05, 4.69) is 9.47 Å². The maximum absolute atomic E-state index is 11.7. The van der Waals surface area contributed by atoms with Crippen molar-refractivity contribution in [3.8, 4) is 0 Å². The maximum Gasteiger partial charge on any atom is 0.490 e. The van der Waals surface area contributed by atoms with Crippen molar-refractivity contribution in [3.05, 3.63) is 0 Å². The Hall–Kier alpha value is -1.60. The first-order valence-corrected chi connectivity index (χ1v) is 3.74. The lowest BCUT2D eigenvalue weighted by molar-refractivity contribution is -0.207. The Labute approximate surface area is 82.1 Å². The number of ether oxygens (including phenoxy) is 2. The molecule has 0 aromatic heterocycles. The quantitative estimate of drug-likeness (QED) is 0.399. The molecular formula is C7H7F3O5. The molecule has 0 bridgehead atoms. The lowest BCUT2D eigenvalue weighted by Gasteiger charge is -2.13. The molecule has 0 aliphatic carbocycles. The van der Waals surface area contributed by atoms with Gasteiger partial charge in [-0.05, 0) is 6.42 Å². The summed E-state index contributed by atoms with van der Waals surface area (Å²) in [7, 11) is 0. The van der Waals surface area contributed by atoms with Gasteiger partial charge in [0.2, 0.25) is 0 Å². The molecule has 0 amide bonds. The number of hydrogen-bond donors (Lipinski definition) is 0. The number of carbonyl (C=O) groups excluding carboxylic acids is 3. The number of esters is 2. The van der Waals surface area contributed by atoms with Crippen molar-refractivity contribution in [2.45, 2.75) is 25.6 Å². The lowest BCUT2D eigenvalue weighted by Crippen LogP contribution is -2.34. The first-order valence-electron chi connectivity index (χ1n) is 3.74. The molecule has 0 N–H and O–H groups in total. The van der Waals surface area contributed by atoms with Gasteiger partial charge in [-0.2, -0.15) is 13.2 Å². The second kappa shape index (κ2) is 5.32. The third kappa shape index (κ3) is 4.43. The van der Waals surface area contributed by atoms with Gasteiger partial charge in [0.05, 0.1) is 0 Å². The molecule has 8 heteroatoms. The summed E-state index contributed by atoms with van der Waals surface area (Å²) in [4.78, 5) is 30.8. The van der Waals surface area contributed by atoms with Crippen LogP contribution in [0.3, 0.4) is 0 Å². The molecule has 0 heterocycles. The van der Waals surface area contributed by atoms with E-state index in [0.29, 0.717) is 0 Å². The van der Waals surface area contributed by atoms with Gasteiger partial charge in [0.15, 0.2) is 6.10 Å². The first-order chi connectivity index (χ1) is 6.82. The molecule has 86 valence electrons. The van der Waals surface area contributed by atoms with E-state index in [9.17, 15) is 27.6 Å².